The lowest BCUT2D eigenvalue weighted by atomic mass is 10.1. The molecule has 74 valence electrons. The molecule has 1 aromatic carbocycles. The number of nitrogens with zero attached hydrogens (tertiary/aromatic N) is 1. The summed E-state index contributed by atoms with van der Waals surface area (Å²) >= 11 is 0. The number of methoxy groups -OCH3 is 1. The monoisotopic (exact) mass is 211 g/mol. The Morgan fingerprint density at radius 1 is 1.36 bits per heavy atom. The molecule has 1 heterocycles. The first-order valence-corrected chi connectivity index (χ1v) is 5.49. The van der Waals surface area contributed by atoms with Crippen LogP contribution in [-0.4, -0.2) is 21.2 Å². The summed E-state index contributed by atoms with van der Waals surface area (Å²) in [5, 5.41) is 0. The van der Waals surface area contributed by atoms with Gasteiger partial charge in [-0.3, -0.25) is 0 Å². The van der Waals surface area contributed by atoms with Crippen LogP contribution in [0.3, 0.4) is 0 Å². The predicted molar refractivity (Wildman–Crippen MR) is 52.4 cm³/mol. The molecule has 0 aromatic heterocycles. The van der Waals surface area contributed by atoms with E-state index < -0.39 is 10.0 Å². The quantitative estimate of drug-likeness (QED) is 0.701. The van der Waals surface area contributed by atoms with Gasteiger partial charge in [-0.2, -0.15) is 12.8 Å². The number of fused-ring (bicyclic) bond motifs is 1. The fourth-order valence-electron chi connectivity index (χ4n) is 1.53. The highest BCUT2D eigenvalue weighted by Gasteiger charge is 2.28. The first-order chi connectivity index (χ1) is 6.56. The smallest absolute Gasteiger partial charge is 0.283 e. The van der Waals surface area contributed by atoms with Crippen molar-refractivity contribution in [3.8, 4) is 5.75 Å². The Balaban J connectivity index is 2.82. The van der Waals surface area contributed by atoms with Gasteiger partial charge in [0, 0.05) is 0 Å². The zero-order valence-electron chi connectivity index (χ0n) is 7.81. The number of sulfonamides is 1. The lowest BCUT2D eigenvalue weighted by molar-refractivity contribution is 0.412. The molecule has 1 aliphatic rings. The highest BCUT2D eigenvalue weighted by molar-refractivity contribution is 7.90. The molecule has 4 nitrogen and oxygen atoms in total. The van der Waals surface area contributed by atoms with Crippen molar-refractivity contribution in [2.45, 2.75) is 11.8 Å². The first kappa shape index (κ1) is 9.21. The maximum atomic E-state index is 11.5. The Hall–Kier alpha value is -1.36. The SMILES string of the molecule is COc1cccc2c1C(C)=NS2(=O)=O. The van der Waals surface area contributed by atoms with Crippen molar-refractivity contribution >= 4 is 15.7 Å². The molecule has 0 unspecified atom stereocenters. The fourth-order valence-corrected chi connectivity index (χ4v) is 2.83. The van der Waals surface area contributed by atoms with Crippen molar-refractivity contribution in [1.29, 1.82) is 0 Å². The van der Waals surface area contributed by atoms with Crippen LogP contribution in [0.15, 0.2) is 27.5 Å². The van der Waals surface area contributed by atoms with E-state index in [1.165, 1.54) is 13.2 Å². The lowest BCUT2D eigenvalue weighted by Gasteiger charge is -2.04. The molecule has 0 fully saturated rings. The Morgan fingerprint density at radius 3 is 2.71 bits per heavy atom. The van der Waals surface area contributed by atoms with E-state index in [0.29, 0.717) is 17.0 Å². The second-order valence-corrected chi connectivity index (χ2v) is 4.56. The van der Waals surface area contributed by atoms with Crippen LogP contribution in [0.1, 0.15) is 12.5 Å². The minimum Gasteiger partial charge on any atom is -0.496 e. The zero-order valence-corrected chi connectivity index (χ0v) is 8.63. The van der Waals surface area contributed by atoms with Crippen LogP contribution in [-0.2, 0) is 10.0 Å². The molecule has 0 N–H and O–H groups in total. The van der Waals surface area contributed by atoms with E-state index in [0.717, 1.165) is 0 Å². The van der Waals surface area contributed by atoms with Gasteiger partial charge in [0.1, 0.15) is 10.6 Å². The second kappa shape index (κ2) is 2.81. The molecule has 2 rings (SSSR count). The minimum atomic E-state index is -3.48. The van der Waals surface area contributed by atoms with E-state index in [4.69, 9.17) is 4.74 Å². The normalized spacial score (nSPS) is 17.4. The van der Waals surface area contributed by atoms with E-state index in [2.05, 4.69) is 4.40 Å². The summed E-state index contributed by atoms with van der Waals surface area (Å²) in [4.78, 5) is 0.231. The van der Waals surface area contributed by atoms with Crippen LogP contribution in [0.4, 0.5) is 0 Å². The third-order valence-corrected chi connectivity index (χ3v) is 3.51. The third-order valence-electron chi connectivity index (χ3n) is 2.10. The molecule has 1 aromatic rings. The van der Waals surface area contributed by atoms with Gasteiger partial charge in [0.25, 0.3) is 10.0 Å². The number of hydrogen-bond donors (Lipinski definition) is 0. The largest absolute Gasteiger partial charge is 0.496 e. The van der Waals surface area contributed by atoms with Gasteiger partial charge in [0.15, 0.2) is 0 Å². The van der Waals surface area contributed by atoms with Crippen molar-refractivity contribution in [3.63, 3.8) is 0 Å². The summed E-state index contributed by atoms with van der Waals surface area (Å²) in [5.74, 6) is 0.546. The van der Waals surface area contributed by atoms with Crippen molar-refractivity contribution in [2.24, 2.45) is 4.40 Å². The van der Waals surface area contributed by atoms with E-state index in [-0.39, 0.29) is 4.90 Å². The first-order valence-electron chi connectivity index (χ1n) is 4.05. The van der Waals surface area contributed by atoms with Gasteiger partial charge in [-0.1, -0.05) is 6.07 Å². The standard InChI is InChI=1S/C9H9NO3S/c1-6-9-7(13-2)4-3-5-8(9)14(11,12)10-6/h3-5H,1-2H3. The topological polar surface area (TPSA) is 55.7 Å². The van der Waals surface area contributed by atoms with Crippen LogP contribution >= 0.6 is 0 Å². The molecule has 0 saturated heterocycles. The Kier molecular flexibility index (Phi) is 1.85. The molecule has 14 heavy (non-hydrogen) atoms. The predicted octanol–water partition coefficient (Wildman–Crippen LogP) is 1.21. The maximum Gasteiger partial charge on any atom is 0.283 e. The lowest BCUT2D eigenvalue weighted by Crippen LogP contribution is -1.97. The average molecular weight is 211 g/mol. The highest BCUT2D eigenvalue weighted by Crippen LogP contribution is 2.32. The van der Waals surface area contributed by atoms with Crippen LogP contribution in [0.5, 0.6) is 5.75 Å². The Morgan fingerprint density at radius 2 is 2.07 bits per heavy atom. The van der Waals surface area contributed by atoms with Gasteiger partial charge in [0.05, 0.1) is 18.4 Å². The molecular formula is C9H9NO3S. The summed E-state index contributed by atoms with van der Waals surface area (Å²) in [6, 6.07) is 4.90. The number of ether oxygens (including phenoxy) is 1. The molecule has 0 aliphatic carbocycles. The van der Waals surface area contributed by atoms with Gasteiger partial charge in [-0.15, -0.1) is 0 Å². The molecule has 0 amide bonds. The van der Waals surface area contributed by atoms with Gasteiger partial charge in [-0.25, -0.2) is 0 Å². The fraction of sp³-hybridized carbons (Fsp3) is 0.222. The summed E-state index contributed by atoms with van der Waals surface area (Å²) in [6.45, 7) is 1.66. The molecule has 0 atom stereocenters. The maximum absolute atomic E-state index is 11.5. The number of rotatable bonds is 1. The molecule has 5 heteroatoms. The molecule has 0 bridgehead atoms. The van der Waals surface area contributed by atoms with E-state index in [9.17, 15) is 8.42 Å². The van der Waals surface area contributed by atoms with Crippen LogP contribution < -0.4 is 4.74 Å². The van der Waals surface area contributed by atoms with Crippen molar-refractivity contribution in [1.82, 2.24) is 0 Å². The molecular weight excluding hydrogens is 202 g/mol. The van der Waals surface area contributed by atoms with E-state index in [1.54, 1.807) is 19.1 Å². The van der Waals surface area contributed by atoms with E-state index >= 15 is 0 Å². The van der Waals surface area contributed by atoms with Crippen molar-refractivity contribution in [2.75, 3.05) is 7.11 Å². The van der Waals surface area contributed by atoms with Crippen LogP contribution in [0, 0.1) is 0 Å². The third kappa shape index (κ3) is 1.13. The molecule has 0 radical (unpaired) electrons. The Bertz CT molecular complexity index is 517. The van der Waals surface area contributed by atoms with Crippen LogP contribution in [0.2, 0.25) is 0 Å². The van der Waals surface area contributed by atoms with Gasteiger partial charge >= 0.3 is 0 Å². The molecule has 0 spiro atoms. The second-order valence-electron chi connectivity index (χ2n) is 2.99. The summed E-state index contributed by atoms with van der Waals surface area (Å²) in [6.07, 6.45) is 0. The molecule has 1 aliphatic heterocycles. The number of benzene rings is 1. The van der Waals surface area contributed by atoms with Gasteiger partial charge in [-0.05, 0) is 19.1 Å². The van der Waals surface area contributed by atoms with Gasteiger partial charge in [0.2, 0.25) is 0 Å². The van der Waals surface area contributed by atoms with Crippen molar-refractivity contribution < 1.29 is 13.2 Å². The average Bonchev–Trinajstić information content (AvgIpc) is 2.38. The van der Waals surface area contributed by atoms with Crippen molar-refractivity contribution in [3.05, 3.63) is 23.8 Å². The minimum absolute atomic E-state index is 0.231. The van der Waals surface area contributed by atoms with E-state index in [1.807, 2.05) is 0 Å². The summed E-state index contributed by atoms with van der Waals surface area (Å²) in [7, 11) is -1.97. The number of hydrogen-bond acceptors (Lipinski definition) is 3. The summed E-state index contributed by atoms with van der Waals surface area (Å²) < 4.78 is 31.7. The molecule has 0 saturated carbocycles. The van der Waals surface area contributed by atoms with Gasteiger partial charge < -0.3 is 4.74 Å². The summed E-state index contributed by atoms with van der Waals surface area (Å²) in [5.41, 5.74) is 1.06. The highest BCUT2D eigenvalue weighted by atomic mass is 32.2. The Labute approximate surface area is 82.3 Å². The van der Waals surface area contributed by atoms with Crippen LogP contribution in [0.25, 0.3) is 0 Å². The zero-order chi connectivity index (χ0) is 10.3.